The summed E-state index contributed by atoms with van der Waals surface area (Å²) in [6, 6.07) is 7.76. The standard InChI is InChI=1S/C15H11F3N2O3S2/c1-24-14-19-12-6-5-10(8-13(12)20-14)23-25(21,22)11-4-2-3-9(7-11)15(16,17)18/h2-8H,1H3,(H,19,20). The van der Waals surface area contributed by atoms with Crippen molar-refractivity contribution in [3.63, 3.8) is 0 Å². The molecule has 0 aliphatic rings. The summed E-state index contributed by atoms with van der Waals surface area (Å²) >= 11 is 1.38. The van der Waals surface area contributed by atoms with Crippen molar-refractivity contribution in [3.05, 3.63) is 48.0 Å². The van der Waals surface area contributed by atoms with E-state index in [2.05, 4.69) is 9.97 Å². The molecular formula is C15H11F3N2O3S2. The van der Waals surface area contributed by atoms with Crippen LogP contribution >= 0.6 is 11.8 Å². The third kappa shape index (κ3) is 3.74. The van der Waals surface area contributed by atoms with Crippen molar-refractivity contribution in [2.75, 3.05) is 6.26 Å². The summed E-state index contributed by atoms with van der Waals surface area (Å²) in [6.45, 7) is 0. The number of alkyl halides is 3. The van der Waals surface area contributed by atoms with Crippen LogP contribution in [0, 0.1) is 0 Å². The Balaban J connectivity index is 1.93. The molecule has 3 aromatic rings. The lowest BCUT2D eigenvalue weighted by molar-refractivity contribution is -0.137. The van der Waals surface area contributed by atoms with Crippen molar-refractivity contribution in [3.8, 4) is 5.75 Å². The molecule has 1 heterocycles. The maximum absolute atomic E-state index is 12.7. The van der Waals surface area contributed by atoms with Crippen molar-refractivity contribution in [1.29, 1.82) is 0 Å². The number of nitrogens with zero attached hydrogens (tertiary/aromatic N) is 1. The van der Waals surface area contributed by atoms with Gasteiger partial charge in [-0.05, 0) is 36.6 Å². The second kappa shape index (κ2) is 6.26. The molecular weight excluding hydrogens is 377 g/mol. The zero-order valence-corrected chi connectivity index (χ0v) is 14.3. The van der Waals surface area contributed by atoms with Gasteiger partial charge in [0.1, 0.15) is 10.6 Å². The number of nitrogens with one attached hydrogen (secondary N) is 1. The van der Waals surface area contributed by atoms with E-state index in [-0.39, 0.29) is 5.75 Å². The molecule has 0 unspecified atom stereocenters. The number of benzene rings is 2. The summed E-state index contributed by atoms with van der Waals surface area (Å²) in [5.41, 5.74) is 0.111. The molecule has 2 aromatic carbocycles. The second-order valence-corrected chi connectivity index (χ2v) is 7.33. The van der Waals surface area contributed by atoms with Crippen LogP contribution in [0.25, 0.3) is 11.0 Å². The first-order valence-electron chi connectivity index (χ1n) is 6.84. The summed E-state index contributed by atoms with van der Waals surface area (Å²) < 4.78 is 67.7. The molecule has 25 heavy (non-hydrogen) atoms. The molecule has 3 rings (SSSR count). The molecule has 5 nitrogen and oxygen atoms in total. The van der Waals surface area contributed by atoms with Gasteiger partial charge in [0.25, 0.3) is 0 Å². The highest BCUT2D eigenvalue weighted by atomic mass is 32.2. The number of aromatic nitrogens is 2. The molecule has 0 fully saturated rings. The lowest BCUT2D eigenvalue weighted by atomic mass is 10.2. The molecule has 0 spiro atoms. The van der Waals surface area contributed by atoms with Crippen LogP contribution in [-0.4, -0.2) is 24.6 Å². The number of hydrogen-bond donors (Lipinski definition) is 1. The second-order valence-electron chi connectivity index (χ2n) is 4.99. The highest BCUT2D eigenvalue weighted by Gasteiger charge is 2.32. The fourth-order valence-electron chi connectivity index (χ4n) is 2.12. The number of rotatable bonds is 4. The van der Waals surface area contributed by atoms with E-state index in [1.807, 2.05) is 6.26 Å². The van der Waals surface area contributed by atoms with Crippen LogP contribution in [0.2, 0.25) is 0 Å². The normalized spacial score (nSPS) is 12.5. The summed E-state index contributed by atoms with van der Waals surface area (Å²) in [6.07, 6.45) is -2.82. The third-order valence-electron chi connectivity index (χ3n) is 3.28. The van der Waals surface area contributed by atoms with E-state index in [4.69, 9.17) is 4.18 Å². The van der Waals surface area contributed by atoms with Crippen LogP contribution in [0.15, 0.2) is 52.5 Å². The fourth-order valence-corrected chi connectivity index (χ4v) is 3.49. The van der Waals surface area contributed by atoms with Crippen molar-refractivity contribution < 1.29 is 25.8 Å². The average molecular weight is 388 g/mol. The molecule has 0 aliphatic heterocycles. The Morgan fingerprint density at radius 1 is 1.16 bits per heavy atom. The number of imidazole rings is 1. The Morgan fingerprint density at radius 2 is 1.92 bits per heavy atom. The lowest BCUT2D eigenvalue weighted by Crippen LogP contribution is -2.12. The Kier molecular flexibility index (Phi) is 4.41. The highest BCUT2D eigenvalue weighted by molar-refractivity contribution is 7.98. The molecule has 0 saturated carbocycles. The van der Waals surface area contributed by atoms with Crippen molar-refractivity contribution in [1.82, 2.24) is 9.97 Å². The molecule has 0 atom stereocenters. The van der Waals surface area contributed by atoms with Gasteiger partial charge < -0.3 is 9.17 Å². The van der Waals surface area contributed by atoms with Crippen molar-refractivity contribution in [2.45, 2.75) is 16.2 Å². The van der Waals surface area contributed by atoms with Gasteiger partial charge in [-0.2, -0.15) is 21.6 Å². The molecule has 0 saturated heterocycles. The summed E-state index contributed by atoms with van der Waals surface area (Å²) in [4.78, 5) is 6.64. The zero-order chi connectivity index (χ0) is 18.2. The smallest absolute Gasteiger partial charge is 0.379 e. The number of H-pyrrole nitrogens is 1. The van der Waals surface area contributed by atoms with Crippen molar-refractivity contribution in [2.24, 2.45) is 0 Å². The van der Waals surface area contributed by atoms with Gasteiger partial charge in [0, 0.05) is 6.07 Å². The maximum atomic E-state index is 12.7. The van der Waals surface area contributed by atoms with Crippen LogP contribution in [-0.2, 0) is 16.3 Å². The molecule has 0 amide bonds. The number of halogens is 3. The lowest BCUT2D eigenvalue weighted by Gasteiger charge is -2.10. The minimum absolute atomic E-state index is 0.0267. The topological polar surface area (TPSA) is 72.0 Å². The van der Waals surface area contributed by atoms with Crippen LogP contribution in [0.1, 0.15) is 5.56 Å². The largest absolute Gasteiger partial charge is 0.416 e. The molecule has 1 N–H and O–H groups in total. The van der Waals surface area contributed by atoms with E-state index < -0.39 is 26.8 Å². The van der Waals surface area contributed by atoms with Gasteiger partial charge in [0.2, 0.25) is 0 Å². The third-order valence-corrected chi connectivity index (χ3v) is 5.10. The van der Waals surface area contributed by atoms with E-state index in [9.17, 15) is 21.6 Å². The number of thioether (sulfide) groups is 1. The number of fused-ring (bicyclic) bond motifs is 1. The van der Waals surface area contributed by atoms with Gasteiger partial charge in [-0.25, -0.2) is 4.98 Å². The maximum Gasteiger partial charge on any atom is 0.416 e. The predicted octanol–water partition coefficient (Wildman–Crippen LogP) is 4.07. The van der Waals surface area contributed by atoms with E-state index in [0.717, 1.165) is 18.2 Å². The van der Waals surface area contributed by atoms with Gasteiger partial charge in [0.05, 0.1) is 16.6 Å². The SMILES string of the molecule is CSc1nc2ccc(OS(=O)(=O)c3cccc(C(F)(F)F)c3)cc2[nH]1. The molecule has 10 heteroatoms. The molecule has 0 radical (unpaired) electrons. The van der Waals surface area contributed by atoms with Gasteiger partial charge >= 0.3 is 16.3 Å². The zero-order valence-electron chi connectivity index (χ0n) is 12.7. The van der Waals surface area contributed by atoms with E-state index in [1.165, 1.54) is 23.9 Å². The van der Waals surface area contributed by atoms with Crippen LogP contribution in [0.3, 0.4) is 0 Å². The van der Waals surface area contributed by atoms with Crippen LogP contribution in [0.4, 0.5) is 13.2 Å². The summed E-state index contributed by atoms with van der Waals surface area (Å²) in [5.74, 6) is -0.0267. The first kappa shape index (κ1) is 17.6. The van der Waals surface area contributed by atoms with Gasteiger partial charge in [-0.15, -0.1) is 0 Å². The Labute approximate surface area is 145 Å². The molecule has 0 bridgehead atoms. The van der Waals surface area contributed by atoms with Crippen LogP contribution in [0.5, 0.6) is 5.75 Å². The summed E-state index contributed by atoms with van der Waals surface area (Å²) in [5, 5.41) is 0.646. The van der Waals surface area contributed by atoms with E-state index in [0.29, 0.717) is 22.3 Å². The highest BCUT2D eigenvalue weighted by Crippen LogP contribution is 2.31. The number of hydrogen-bond acceptors (Lipinski definition) is 5. The van der Waals surface area contributed by atoms with Gasteiger partial charge in [-0.3, -0.25) is 0 Å². The Bertz CT molecular complexity index is 1030. The van der Waals surface area contributed by atoms with E-state index in [1.54, 1.807) is 6.07 Å². The average Bonchev–Trinajstić information content (AvgIpc) is 2.96. The Morgan fingerprint density at radius 3 is 2.60 bits per heavy atom. The predicted molar refractivity (Wildman–Crippen MR) is 87.1 cm³/mol. The monoisotopic (exact) mass is 388 g/mol. The molecule has 1 aromatic heterocycles. The molecule has 132 valence electrons. The fraction of sp³-hybridized carbons (Fsp3) is 0.133. The quantitative estimate of drug-likeness (QED) is 0.539. The Hall–Kier alpha value is -2.20. The minimum Gasteiger partial charge on any atom is -0.379 e. The van der Waals surface area contributed by atoms with Gasteiger partial charge in [0.15, 0.2) is 5.16 Å². The van der Waals surface area contributed by atoms with Crippen LogP contribution < -0.4 is 4.18 Å². The van der Waals surface area contributed by atoms with Gasteiger partial charge in [-0.1, -0.05) is 17.8 Å². The first-order chi connectivity index (χ1) is 11.7. The van der Waals surface area contributed by atoms with Crippen molar-refractivity contribution >= 4 is 32.9 Å². The number of aromatic amines is 1. The van der Waals surface area contributed by atoms with E-state index >= 15 is 0 Å². The minimum atomic E-state index is -4.64. The first-order valence-corrected chi connectivity index (χ1v) is 9.48. The summed E-state index contributed by atoms with van der Waals surface area (Å²) in [7, 11) is -4.40. The molecule has 0 aliphatic carbocycles.